The fourth-order valence-corrected chi connectivity index (χ4v) is 2.27. The van der Waals surface area contributed by atoms with Gasteiger partial charge in [0.2, 0.25) is 0 Å². The molecule has 0 aliphatic heterocycles. The maximum absolute atomic E-state index is 12.3. The molecule has 0 atom stereocenters. The van der Waals surface area contributed by atoms with Crippen LogP contribution in [0.3, 0.4) is 0 Å². The normalized spacial score (nSPS) is 10.6. The Balaban J connectivity index is 2.84. The van der Waals surface area contributed by atoms with Gasteiger partial charge in [-0.3, -0.25) is 4.79 Å². The van der Waals surface area contributed by atoms with Crippen LogP contribution in [0.1, 0.15) is 30.6 Å². The van der Waals surface area contributed by atoms with Crippen molar-refractivity contribution in [1.29, 1.82) is 0 Å². The van der Waals surface area contributed by atoms with E-state index < -0.39 is 0 Å². The van der Waals surface area contributed by atoms with Crippen molar-refractivity contribution in [2.45, 2.75) is 26.3 Å². The standard InChI is InChI=1S/C13H17ClINO/c1-10(2)16(8-4-7-14)13(17)11-5-3-6-12(15)9-11/h3,5-6,9-10H,4,7-8H2,1-2H3. The van der Waals surface area contributed by atoms with Gasteiger partial charge in [-0.05, 0) is 61.1 Å². The van der Waals surface area contributed by atoms with E-state index in [2.05, 4.69) is 22.6 Å². The smallest absolute Gasteiger partial charge is 0.254 e. The van der Waals surface area contributed by atoms with Crippen LogP contribution in [0.5, 0.6) is 0 Å². The van der Waals surface area contributed by atoms with Crippen LogP contribution in [0, 0.1) is 3.57 Å². The molecule has 0 saturated carbocycles. The monoisotopic (exact) mass is 365 g/mol. The molecular formula is C13H17ClINO. The predicted molar refractivity (Wildman–Crippen MR) is 80.7 cm³/mol. The van der Waals surface area contributed by atoms with Gasteiger partial charge in [-0.2, -0.15) is 0 Å². The summed E-state index contributed by atoms with van der Waals surface area (Å²) in [6.45, 7) is 4.77. The van der Waals surface area contributed by atoms with E-state index in [0.29, 0.717) is 12.4 Å². The summed E-state index contributed by atoms with van der Waals surface area (Å²) in [4.78, 5) is 14.2. The van der Waals surface area contributed by atoms with Crippen molar-refractivity contribution in [2.24, 2.45) is 0 Å². The molecule has 0 saturated heterocycles. The number of nitrogens with zero attached hydrogens (tertiary/aromatic N) is 1. The van der Waals surface area contributed by atoms with Crippen molar-refractivity contribution < 1.29 is 4.79 Å². The largest absolute Gasteiger partial charge is 0.336 e. The second-order valence-corrected chi connectivity index (χ2v) is 5.77. The molecule has 1 aromatic rings. The average Bonchev–Trinajstić information content (AvgIpc) is 2.29. The highest BCUT2D eigenvalue weighted by molar-refractivity contribution is 14.1. The van der Waals surface area contributed by atoms with E-state index in [1.165, 1.54) is 0 Å². The van der Waals surface area contributed by atoms with Gasteiger partial charge < -0.3 is 4.90 Å². The van der Waals surface area contributed by atoms with Crippen LogP contribution in [0.4, 0.5) is 0 Å². The molecule has 0 spiro atoms. The Kier molecular flexibility index (Phi) is 6.27. The summed E-state index contributed by atoms with van der Waals surface area (Å²) < 4.78 is 1.08. The minimum Gasteiger partial charge on any atom is -0.336 e. The zero-order valence-electron chi connectivity index (χ0n) is 10.1. The van der Waals surface area contributed by atoms with Gasteiger partial charge in [0, 0.05) is 27.6 Å². The van der Waals surface area contributed by atoms with E-state index in [0.717, 1.165) is 15.6 Å². The minimum atomic E-state index is 0.0867. The summed E-state index contributed by atoms with van der Waals surface area (Å²) in [6.07, 6.45) is 0.829. The number of hydrogen-bond acceptors (Lipinski definition) is 1. The lowest BCUT2D eigenvalue weighted by Gasteiger charge is -2.26. The molecule has 0 aliphatic carbocycles. The Morgan fingerprint density at radius 2 is 2.18 bits per heavy atom. The highest BCUT2D eigenvalue weighted by atomic mass is 127. The summed E-state index contributed by atoms with van der Waals surface area (Å²) in [6, 6.07) is 7.87. The molecule has 1 amide bonds. The number of rotatable bonds is 5. The van der Waals surface area contributed by atoms with Crippen molar-refractivity contribution in [1.82, 2.24) is 4.90 Å². The highest BCUT2D eigenvalue weighted by Gasteiger charge is 2.18. The molecule has 17 heavy (non-hydrogen) atoms. The van der Waals surface area contributed by atoms with E-state index in [-0.39, 0.29) is 11.9 Å². The molecule has 2 nitrogen and oxygen atoms in total. The first-order valence-electron chi connectivity index (χ1n) is 5.68. The Bertz CT molecular complexity index is 381. The molecule has 0 fully saturated rings. The second-order valence-electron chi connectivity index (χ2n) is 4.15. The lowest BCUT2D eigenvalue weighted by Crippen LogP contribution is -2.37. The van der Waals surface area contributed by atoms with Crippen LogP contribution in [-0.4, -0.2) is 29.3 Å². The Labute approximate surface area is 121 Å². The Morgan fingerprint density at radius 3 is 2.71 bits per heavy atom. The summed E-state index contributed by atoms with van der Waals surface area (Å²) in [5, 5.41) is 0. The molecule has 0 aliphatic rings. The zero-order valence-corrected chi connectivity index (χ0v) is 13.0. The number of benzene rings is 1. The highest BCUT2D eigenvalue weighted by Crippen LogP contribution is 2.13. The number of carbonyl (C=O) groups excluding carboxylic acids is 1. The van der Waals surface area contributed by atoms with E-state index in [1.54, 1.807) is 0 Å². The Morgan fingerprint density at radius 1 is 1.47 bits per heavy atom. The first-order chi connectivity index (χ1) is 8.06. The van der Waals surface area contributed by atoms with Crippen molar-refractivity contribution in [2.75, 3.05) is 12.4 Å². The number of halogens is 2. The maximum Gasteiger partial charge on any atom is 0.254 e. The van der Waals surface area contributed by atoms with Gasteiger partial charge in [0.25, 0.3) is 5.91 Å². The number of amides is 1. The van der Waals surface area contributed by atoms with Gasteiger partial charge in [0.1, 0.15) is 0 Å². The van der Waals surface area contributed by atoms with Crippen LogP contribution in [0.15, 0.2) is 24.3 Å². The molecule has 0 N–H and O–H groups in total. The molecule has 0 heterocycles. The number of hydrogen-bond donors (Lipinski definition) is 0. The zero-order chi connectivity index (χ0) is 12.8. The van der Waals surface area contributed by atoms with E-state index in [1.807, 2.05) is 43.0 Å². The maximum atomic E-state index is 12.3. The van der Waals surface area contributed by atoms with E-state index in [9.17, 15) is 4.79 Å². The third-order valence-corrected chi connectivity index (χ3v) is 3.43. The lowest BCUT2D eigenvalue weighted by molar-refractivity contribution is 0.0706. The molecule has 4 heteroatoms. The summed E-state index contributed by atoms with van der Waals surface area (Å²) >= 11 is 7.90. The molecule has 0 aromatic heterocycles. The van der Waals surface area contributed by atoms with Gasteiger partial charge in [0.05, 0.1) is 0 Å². The number of carbonyl (C=O) groups is 1. The van der Waals surface area contributed by atoms with Gasteiger partial charge in [-0.1, -0.05) is 6.07 Å². The summed E-state index contributed by atoms with van der Waals surface area (Å²) in [7, 11) is 0. The third-order valence-electron chi connectivity index (χ3n) is 2.49. The molecule has 1 rings (SSSR count). The third kappa shape index (κ3) is 4.47. The van der Waals surface area contributed by atoms with Crippen LogP contribution < -0.4 is 0 Å². The lowest BCUT2D eigenvalue weighted by atomic mass is 10.1. The van der Waals surface area contributed by atoms with E-state index >= 15 is 0 Å². The first kappa shape index (κ1) is 14.8. The van der Waals surface area contributed by atoms with E-state index in [4.69, 9.17) is 11.6 Å². The number of alkyl halides is 1. The Hall–Kier alpha value is -0.290. The van der Waals surface area contributed by atoms with Crippen molar-refractivity contribution in [3.63, 3.8) is 0 Å². The molecule has 1 aromatic carbocycles. The minimum absolute atomic E-state index is 0.0867. The van der Waals surface area contributed by atoms with Crippen LogP contribution in [0.2, 0.25) is 0 Å². The van der Waals surface area contributed by atoms with Crippen LogP contribution in [-0.2, 0) is 0 Å². The quantitative estimate of drug-likeness (QED) is 0.574. The summed E-state index contributed by atoms with van der Waals surface area (Å²) in [5.74, 6) is 0.673. The molecule has 0 bridgehead atoms. The molecule has 0 radical (unpaired) electrons. The fourth-order valence-electron chi connectivity index (χ4n) is 1.61. The average molecular weight is 366 g/mol. The molecular weight excluding hydrogens is 349 g/mol. The van der Waals surface area contributed by atoms with Gasteiger partial charge in [0.15, 0.2) is 0 Å². The first-order valence-corrected chi connectivity index (χ1v) is 7.30. The van der Waals surface area contributed by atoms with Crippen LogP contribution in [0.25, 0.3) is 0 Å². The van der Waals surface area contributed by atoms with Crippen molar-refractivity contribution in [3.05, 3.63) is 33.4 Å². The van der Waals surface area contributed by atoms with Gasteiger partial charge in [-0.15, -0.1) is 11.6 Å². The molecule has 94 valence electrons. The SMILES string of the molecule is CC(C)N(CCCCl)C(=O)c1cccc(I)c1. The molecule has 0 unspecified atom stereocenters. The topological polar surface area (TPSA) is 20.3 Å². The summed E-state index contributed by atoms with van der Waals surface area (Å²) in [5.41, 5.74) is 0.750. The van der Waals surface area contributed by atoms with Gasteiger partial charge in [-0.25, -0.2) is 0 Å². The van der Waals surface area contributed by atoms with Gasteiger partial charge >= 0.3 is 0 Å². The predicted octanol–water partition coefficient (Wildman–Crippen LogP) is 3.77. The fraction of sp³-hybridized carbons (Fsp3) is 0.462. The second kappa shape index (κ2) is 7.21. The van der Waals surface area contributed by atoms with Crippen molar-refractivity contribution in [3.8, 4) is 0 Å². The van der Waals surface area contributed by atoms with Crippen LogP contribution >= 0.6 is 34.2 Å². The van der Waals surface area contributed by atoms with Crippen molar-refractivity contribution >= 4 is 40.1 Å².